The fraction of sp³-hybridized carbons (Fsp3) is 0.533. The minimum atomic E-state index is -0.466. The SMILES string of the molecule is CC(C)(C)OC(=O)N1CCN(c2nc3nc(Br)ccc3[nH]2)CC1. The van der Waals surface area contributed by atoms with E-state index in [9.17, 15) is 4.79 Å². The van der Waals surface area contributed by atoms with Gasteiger partial charge in [0.1, 0.15) is 10.2 Å². The predicted octanol–water partition coefficient (Wildman–Crippen LogP) is 2.78. The van der Waals surface area contributed by atoms with Gasteiger partial charge in [-0.1, -0.05) is 0 Å². The molecule has 1 aliphatic rings. The lowest BCUT2D eigenvalue weighted by Crippen LogP contribution is -2.50. The number of amides is 1. The standard InChI is InChI=1S/C15H20BrN5O2/c1-15(2,3)23-14(22)21-8-6-20(7-9-21)13-17-10-4-5-11(16)18-12(10)19-13/h4-5H,6-9H2,1-3H3,(H,17,18,19). The van der Waals surface area contributed by atoms with Crippen molar-refractivity contribution in [3.05, 3.63) is 16.7 Å². The lowest BCUT2D eigenvalue weighted by Gasteiger charge is -2.35. The fourth-order valence-electron chi connectivity index (χ4n) is 2.43. The zero-order chi connectivity index (χ0) is 16.6. The maximum atomic E-state index is 12.1. The predicted molar refractivity (Wildman–Crippen MR) is 91.6 cm³/mol. The molecule has 1 fully saturated rings. The third kappa shape index (κ3) is 3.74. The first-order valence-corrected chi connectivity index (χ1v) is 8.36. The summed E-state index contributed by atoms with van der Waals surface area (Å²) in [4.78, 5) is 28.1. The average Bonchev–Trinajstić information content (AvgIpc) is 2.88. The molecular formula is C15H20BrN5O2. The number of aromatic nitrogens is 3. The first kappa shape index (κ1) is 16.0. The molecule has 3 rings (SSSR count). The number of rotatable bonds is 1. The second-order valence-electron chi connectivity index (χ2n) is 6.52. The van der Waals surface area contributed by atoms with Gasteiger partial charge in [-0.25, -0.2) is 9.78 Å². The van der Waals surface area contributed by atoms with Gasteiger partial charge in [0.25, 0.3) is 0 Å². The summed E-state index contributed by atoms with van der Waals surface area (Å²) in [7, 11) is 0. The Morgan fingerprint density at radius 2 is 1.91 bits per heavy atom. The van der Waals surface area contributed by atoms with E-state index in [1.54, 1.807) is 4.90 Å². The van der Waals surface area contributed by atoms with E-state index in [2.05, 4.69) is 35.8 Å². The molecule has 0 aliphatic carbocycles. The van der Waals surface area contributed by atoms with Crippen LogP contribution in [-0.4, -0.2) is 57.7 Å². The van der Waals surface area contributed by atoms with Crippen molar-refractivity contribution >= 4 is 39.1 Å². The molecule has 1 N–H and O–H groups in total. The lowest BCUT2D eigenvalue weighted by atomic mass is 10.2. The van der Waals surface area contributed by atoms with E-state index in [4.69, 9.17) is 4.74 Å². The van der Waals surface area contributed by atoms with E-state index in [-0.39, 0.29) is 6.09 Å². The van der Waals surface area contributed by atoms with Crippen molar-refractivity contribution in [2.24, 2.45) is 0 Å². The molecule has 1 amide bonds. The highest BCUT2D eigenvalue weighted by molar-refractivity contribution is 9.10. The Morgan fingerprint density at radius 3 is 2.57 bits per heavy atom. The number of H-pyrrole nitrogens is 1. The number of imidazole rings is 1. The topological polar surface area (TPSA) is 74.3 Å². The number of carbonyl (C=O) groups excluding carboxylic acids is 1. The van der Waals surface area contributed by atoms with Crippen LogP contribution in [0.2, 0.25) is 0 Å². The maximum Gasteiger partial charge on any atom is 0.410 e. The van der Waals surface area contributed by atoms with Gasteiger partial charge < -0.3 is 19.5 Å². The van der Waals surface area contributed by atoms with Crippen molar-refractivity contribution in [3.63, 3.8) is 0 Å². The molecule has 0 bridgehead atoms. The Kier molecular flexibility index (Phi) is 4.18. The Bertz CT molecular complexity index is 716. The van der Waals surface area contributed by atoms with Gasteiger partial charge in [0.2, 0.25) is 5.95 Å². The van der Waals surface area contributed by atoms with Crippen molar-refractivity contribution < 1.29 is 9.53 Å². The Labute approximate surface area is 143 Å². The van der Waals surface area contributed by atoms with Crippen LogP contribution in [0.15, 0.2) is 16.7 Å². The smallest absolute Gasteiger partial charge is 0.410 e. The van der Waals surface area contributed by atoms with Crippen LogP contribution in [0, 0.1) is 0 Å². The fourth-order valence-corrected chi connectivity index (χ4v) is 2.73. The number of carbonyl (C=O) groups is 1. The van der Waals surface area contributed by atoms with Crippen molar-refractivity contribution in [2.75, 3.05) is 31.1 Å². The molecule has 0 spiro atoms. The number of hydrogen-bond acceptors (Lipinski definition) is 5. The number of ether oxygens (including phenoxy) is 1. The van der Waals surface area contributed by atoms with Gasteiger partial charge in [0.15, 0.2) is 5.65 Å². The van der Waals surface area contributed by atoms with Gasteiger partial charge in [0.05, 0.1) is 5.52 Å². The van der Waals surface area contributed by atoms with Gasteiger partial charge in [-0.3, -0.25) is 0 Å². The van der Waals surface area contributed by atoms with E-state index in [1.165, 1.54) is 0 Å². The van der Waals surface area contributed by atoms with Gasteiger partial charge in [-0.15, -0.1) is 0 Å². The summed E-state index contributed by atoms with van der Waals surface area (Å²) < 4.78 is 6.17. The van der Waals surface area contributed by atoms with Crippen LogP contribution in [-0.2, 0) is 4.74 Å². The van der Waals surface area contributed by atoms with E-state index in [0.29, 0.717) is 31.8 Å². The van der Waals surface area contributed by atoms with Gasteiger partial charge >= 0.3 is 6.09 Å². The van der Waals surface area contributed by atoms with Crippen molar-refractivity contribution in [1.82, 2.24) is 19.9 Å². The summed E-state index contributed by atoms with van der Waals surface area (Å²) in [5, 5.41) is 0. The lowest BCUT2D eigenvalue weighted by molar-refractivity contribution is 0.0240. The average molecular weight is 382 g/mol. The maximum absolute atomic E-state index is 12.1. The summed E-state index contributed by atoms with van der Waals surface area (Å²) in [6.07, 6.45) is -0.257. The number of halogens is 1. The number of fused-ring (bicyclic) bond motifs is 1. The van der Waals surface area contributed by atoms with Crippen molar-refractivity contribution in [3.8, 4) is 0 Å². The first-order valence-electron chi connectivity index (χ1n) is 7.57. The van der Waals surface area contributed by atoms with E-state index >= 15 is 0 Å². The van der Waals surface area contributed by atoms with Crippen LogP contribution in [0.25, 0.3) is 11.2 Å². The minimum Gasteiger partial charge on any atom is -0.444 e. The summed E-state index contributed by atoms with van der Waals surface area (Å²) in [5.41, 5.74) is 1.12. The number of nitrogens with zero attached hydrogens (tertiary/aromatic N) is 4. The van der Waals surface area contributed by atoms with Gasteiger partial charge in [-0.2, -0.15) is 4.98 Å². The molecule has 0 radical (unpaired) electrons. The third-order valence-electron chi connectivity index (χ3n) is 3.53. The van der Waals surface area contributed by atoms with Crippen LogP contribution in [0.1, 0.15) is 20.8 Å². The Hall–Kier alpha value is -1.83. The molecule has 1 aliphatic heterocycles. The molecule has 1 saturated heterocycles. The summed E-state index contributed by atoms with van der Waals surface area (Å²) in [5.74, 6) is 0.787. The quantitative estimate of drug-likeness (QED) is 0.768. The van der Waals surface area contributed by atoms with Crippen LogP contribution in [0.3, 0.4) is 0 Å². The molecule has 0 atom stereocenters. The molecule has 2 aromatic rings. The van der Waals surface area contributed by atoms with Crippen molar-refractivity contribution in [1.29, 1.82) is 0 Å². The zero-order valence-electron chi connectivity index (χ0n) is 13.5. The van der Waals surface area contributed by atoms with Gasteiger partial charge in [0, 0.05) is 26.2 Å². The molecule has 0 unspecified atom stereocenters. The number of hydrogen-bond donors (Lipinski definition) is 1. The van der Waals surface area contributed by atoms with Gasteiger partial charge in [-0.05, 0) is 48.8 Å². The van der Waals surface area contributed by atoms with E-state index < -0.39 is 5.60 Å². The molecule has 23 heavy (non-hydrogen) atoms. The Morgan fingerprint density at radius 1 is 1.22 bits per heavy atom. The highest BCUT2D eigenvalue weighted by atomic mass is 79.9. The Balaban J connectivity index is 1.65. The highest BCUT2D eigenvalue weighted by Crippen LogP contribution is 2.20. The van der Waals surface area contributed by atoms with Crippen LogP contribution < -0.4 is 4.90 Å². The molecule has 3 heterocycles. The van der Waals surface area contributed by atoms with Crippen LogP contribution in [0.5, 0.6) is 0 Å². The number of piperazine rings is 1. The molecule has 2 aromatic heterocycles. The van der Waals surface area contributed by atoms with E-state index in [0.717, 1.165) is 16.1 Å². The third-order valence-corrected chi connectivity index (χ3v) is 3.97. The second kappa shape index (κ2) is 5.99. The summed E-state index contributed by atoms with van der Waals surface area (Å²) in [6, 6.07) is 3.82. The number of nitrogens with one attached hydrogen (secondary N) is 1. The summed E-state index contributed by atoms with van der Waals surface area (Å²) >= 11 is 3.35. The molecule has 124 valence electrons. The monoisotopic (exact) mass is 381 g/mol. The molecular weight excluding hydrogens is 362 g/mol. The first-order chi connectivity index (χ1) is 10.8. The molecule has 8 heteroatoms. The molecule has 7 nitrogen and oxygen atoms in total. The molecule has 0 aromatic carbocycles. The number of anilines is 1. The van der Waals surface area contributed by atoms with Crippen molar-refractivity contribution in [2.45, 2.75) is 26.4 Å². The normalized spacial score (nSPS) is 16.0. The zero-order valence-corrected chi connectivity index (χ0v) is 15.1. The molecule has 0 saturated carbocycles. The number of pyridine rings is 1. The van der Waals surface area contributed by atoms with Crippen LogP contribution >= 0.6 is 15.9 Å². The highest BCUT2D eigenvalue weighted by Gasteiger charge is 2.26. The van der Waals surface area contributed by atoms with E-state index in [1.807, 2.05) is 32.9 Å². The second-order valence-corrected chi connectivity index (χ2v) is 7.33. The van der Waals surface area contributed by atoms with Crippen LogP contribution in [0.4, 0.5) is 10.7 Å². The summed E-state index contributed by atoms with van der Waals surface area (Å²) in [6.45, 7) is 8.27. The minimum absolute atomic E-state index is 0.257. The largest absolute Gasteiger partial charge is 0.444 e. The number of aromatic amines is 1.